The van der Waals surface area contributed by atoms with Crippen molar-refractivity contribution >= 4 is 11.6 Å². The van der Waals surface area contributed by atoms with Crippen LogP contribution in [-0.2, 0) is 0 Å². The first-order chi connectivity index (χ1) is 9.92. The minimum atomic E-state index is -0.112. The highest BCUT2D eigenvalue weighted by Crippen LogP contribution is 2.26. The fraction of sp³-hybridized carbons (Fsp3) is 0.278. The molecule has 1 amide bonds. The van der Waals surface area contributed by atoms with Gasteiger partial charge in [-0.05, 0) is 68.1 Å². The van der Waals surface area contributed by atoms with Gasteiger partial charge in [0.05, 0.1) is 12.8 Å². The monoisotopic (exact) mass is 283 g/mol. The van der Waals surface area contributed by atoms with Crippen LogP contribution in [0.15, 0.2) is 30.3 Å². The number of rotatable bonds is 3. The number of hydrogen-bond acceptors (Lipinski definition) is 2. The van der Waals surface area contributed by atoms with Crippen molar-refractivity contribution in [2.45, 2.75) is 27.7 Å². The van der Waals surface area contributed by atoms with Crippen LogP contribution in [0.5, 0.6) is 5.75 Å². The average molecular weight is 283 g/mol. The number of aryl methyl sites for hydroxylation is 4. The van der Waals surface area contributed by atoms with Gasteiger partial charge >= 0.3 is 0 Å². The van der Waals surface area contributed by atoms with E-state index in [-0.39, 0.29) is 5.91 Å². The predicted octanol–water partition coefficient (Wildman–Crippen LogP) is 4.18. The number of carbonyl (C=O) groups is 1. The van der Waals surface area contributed by atoms with Crippen LogP contribution in [0.2, 0.25) is 0 Å². The molecule has 2 rings (SSSR count). The van der Waals surface area contributed by atoms with Crippen LogP contribution in [0.4, 0.5) is 5.69 Å². The van der Waals surface area contributed by atoms with Crippen LogP contribution < -0.4 is 10.1 Å². The molecule has 0 saturated heterocycles. The molecule has 0 spiro atoms. The van der Waals surface area contributed by atoms with E-state index >= 15 is 0 Å². The fourth-order valence-corrected chi connectivity index (χ4v) is 2.31. The minimum absolute atomic E-state index is 0.112. The van der Waals surface area contributed by atoms with Crippen molar-refractivity contribution in [3.8, 4) is 5.75 Å². The van der Waals surface area contributed by atoms with Gasteiger partial charge in [-0.3, -0.25) is 4.79 Å². The van der Waals surface area contributed by atoms with Crippen LogP contribution in [0, 0.1) is 27.7 Å². The van der Waals surface area contributed by atoms with Gasteiger partial charge in [0, 0.05) is 5.56 Å². The molecule has 2 aromatic carbocycles. The van der Waals surface area contributed by atoms with Gasteiger partial charge in [0.1, 0.15) is 5.75 Å². The molecule has 0 atom stereocenters. The highest BCUT2D eigenvalue weighted by atomic mass is 16.5. The highest BCUT2D eigenvalue weighted by molar-refractivity contribution is 6.06. The largest absolute Gasteiger partial charge is 0.495 e. The van der Waals surface area contributed by atoms with Crippen LogP contribution in [0.25, 0.3) is 0 Å². The number of methoxy groups -OCH3 is 1. The van der Waals surface area contributed by atoms with E-state index in [2.05, 4.69) is 5.32 Å². The second kappa shape index (κ2) is 6.00. The molecule has 0 fully saturated rings. The molecule has 2 aromatic rings. The zero-order chi connectivity index (χ0) is 15.6. The second-order valence-corrected chi connectivity index (χ2v) is 5.41. The Hall–Kier alpha value is -2.29. The number of anilines is 1. The Kier molecular flexibility index (Phi) is 4.32. The summed E-state index contributed by atoms with van der Waals surface area (Å²) < 4.78 is 5.30. The van der Waals surface area contributed by atoms with E-state index in [1.807, 2.05) is 58.0 Å². The van der Waals surface area contributed by atoms with Crippen molar-refractivity contribution in [1.82, 2.24) is 0 Å². The number of ether oxygens (including phenoxy) is 1. The lowest BCUT2D eigenvalue weighted by atomic mass is 10.0. The third-order valence-corrected chi connectivity index (χ3v) is 3.69. The summed E-state index contributed by atoms with van der Waals surface area (Å²) in [5.74, 6) is 0.551. The molecule has 0 aliphatic carbocycles. The van der Waals surface area contributed by atoms with Gasteiger partial charge in [0.2, 0.25) is 0 Å². The maximum absolute atomic E-state index is 12.5. The fourth-order valence-electron chi connectivity index (χ4n) is 2.31. The molecular formula is C18H21NO2. The van der Waals surface area contributed by atoms with Gasteiger partial charge in [-0.1, -0.05) is 12.1 Å². The minimum Gasteiger partial charge on any atom is -0.495 e. The Morgan fingerprint density at radius 2 is 1.62 bits per heavy atom. The number of carbonyl (C=O) groups excluding carboxylic acids is 1. The normalized spacial score (nSPS) is 10.3. The summed E-state index contributed by atoms with van der Waals surface area (Å²) in [7, 11) is 1.60. The van der Waals surface area contributed by atoms with Gasteiger partial charge in [-0.15, -0.1) is 0 Å². The predicted molar refractivity (Wildman–Crippen MR) is 86.3 cm³/mol. The third-order valence-electron chi connectivity index (χ3n) is 3.69. The molecule has 0 aliphatic rings. The molecule has 0 aromatic heterocycles. The number of benzene rings is 2. The maximum atomic E-state index is 12.5. The lowest BCUT2D eigenvalue weighted by Crippen LogP contribution is -2.14. The Balaban J connectivity index is 2.34. The van der Waals surface area contributed by atoms with Crippen LogP contribution in [0.3, 0.4) is 0 Å². The lowest BCUT2D eigenvalue weighted by Gasteiger charge is -2.13. The molecule has 0 saturated carbocycles. The number of hydrogen-bond donors (Lipinski definition) is 1. The summed E-state index contributed by atoms with van der Waals surface area (Å²) in [5.41, 5.74) is 5.74. The summed E-state index contributed by atoms with van der Waals surface area (Å²) in [4.78, 5) is 12.5. The van der Waals surface area contributed by atoms with Crippen molar-refractivity contribution < 1.29 is 9.53 Å². The lowest BCUT2D eigenvalue weighted by molar-refractivity contribution is 0.102. The molecule has 110 valence electrons. The summed E-state index contributed by atoms with van der Waals surface area (Å²) in [6, 6.07) is 9.70. The summed E-state index contributed by atoms with van der Waals surface area (Å²) in [5, 5.41) is 2.94. The number of amides is 1. The van der Waals surface area contributed by atoms with E-state index < -0.39 is 0 Å². The van der Waals surface area contributed by atoms with E-state index in [0.717, 1.165) is 16.7 Å². The van der Waals surface area contributed by atoms with Gasteiger partial charge in [0.15, 0.2) is 0 Å². The van der Waals surface area contributed by atoms with Crippen molar-refractivity contribution in [3.05, 3.63) is 58.1 Å². The molecule has 3 heteroatoms. The molecule has 0 radical (unpaired) electrons. The smallest absolute Gasteiger partial charge is 0.256 e. The molecule has 21 heavy (non-hydrogen) atoms. The molecule has 0 bridgehead atoms. The van der Waals surface area contributed by atoms with Crippen molar-refractivity contribution in [1.29, 1.82) is 0 Å². The Morgan fingerprint density at radius 1 is 0.952 bits per heavy atom. The maximum Gasteiger partial charge on any atom is 0.256 e. The Labute approximate surface area is 126 Å². The van der Waals surface area contributed by atoms with Crippen LogP contribution in [0.1, 0.15) is 32.6 Å². The SMILES string of the molecule is COc1ccc(C)cc1NC(=O)c1cc(C)c(C)cc1C. The van der Waals surface area contributed by atoms with Crippen LogP contribution in [-0.4, -0.2) is 13.0 Å². The first-order valence-electron chi connectivity index (χ1n) is 6.96. The quantitative estimate of drug-likeness (QED) is 0.917. The zero-order valence-corrected chi connectivity index (χ0v) is 13.2. The molecular weight excluding hydrogens is 262 g/mol. The molecule has 0 aliphatic heterocycles. The van der Waals surface area contributed by atoms with Gasteiger partial charge in [0.25, 0.3) is 5.91 Å². The third kappa shape index (κ3) is 3.24. The molecule has 1 N–H and O–H groups in total. The van der Waals surface area contributed by atoms with E-state index in [1.165, 1.54) is 5.56 Å². The highest BCUT2D eigenvalue weighted by Gasteiger charge is 2.13. The molecule has 3 nitrogen and oxygen atoms in total. The Bertz CT molecular complexity index is 690. The molecule has 0 heterocycles. The zero-order valence-electron chi connectivity index (χ0n) is 13.2. The van der Waals surface area contributed by atoms with E-state index in [0.29, 0.717) is 17.0 Å². The first-order valence-corrected chi connectivity index (χ1v) is 6.96. The van der Waals surface area contributed by atoms with Gasteiger partial charge in [-0.25, -0.2) is 0 Å². The topological polar surface area (TPSA) is 38.3 Å². The van der Waals surface area contributed by atoms with Crippen LogP contribution >= 0.6 is 0 Å². The van der Waals surface area contributed by atoms with Crippen molar-refractivity contribution in [2.24, 2.45) is 0 Å². The van der Waals surface area contributed by atoms with Gasteiger partial charge in [-0.2, -0.15) is 0 Å². The second-order valence-electron chi connectivity index (χ2n) is 5.41. The van der Waals surface area contributed by atoms with Crippen molar-refractivity contribution in [2.75, 3.05) is 12.4 Å². The average Bonchev–Trinajstić information content (AvgIpc) is 2.43. The van der Waals surface area contributed by atoms with E-state index in [9.17, 15) is 4.79 Å². The van der Waals surface area contributed by atoms with E-state index in [1.54, 1.807) is 7.11 Å². The standard InChI is InChI=1S/C18H21NO2/c1-11-6-7-17(21-5)16(8-11)19-18(20)15-10-13(3)12(2)9-14(15)4/h6-10H,1-5H3,(H,19,20). The summed E-state index contributed by atoms with van der Waals surface area (Å²) in [6.07, 6.45) is 0. The van der Waals surface area contributed by atoms with E-state index in [4.69, 9.17) is 4.74 Å². The van der Waals surface area contributed by atoms with Gasteiger partial charge < -0.3 is 10.1 Å². The summed E-state index contributed by atoms with van der Waals surface area (Å²) >= 11 is 0. The Morgan fingerprint density at radius 3 is 2.29 bits per heavy atom. The molecule has 0 unspecified atom stereocenters. The first kappa shape index (κ1) is 15.1. The van der Waals surface area contributed by atoms with Crippen molar-refractivity contribution in [3.63, 3.8) is 0 Å². The summed E-state index contributed by atoms with van der Waals surface area (Å²) in [6.45, 7) is 8.00. The number of nitrogens with one attached hydrogen (secondary N) is 1.